The molecule has 1 aliphatic heterocycles. The van der Waals surface area contributed by atoms with Gasteiger partial charge >= 0.3 is 29.8 Å². The largest absolute Gasteiger partial charge is 0.443 e. The van der Waals surface area contributed by atoms with Crippen LogP contribution < -0.4 is 22.1 Å². The summed E-state index contributed by atoms with van der Waals surface area (Å²) in [6.07, 6.45) is -0.533. The molecule has 2 rings (SSSR count). The van der Waals surface area contributed by atoms with E-state index in [4.69, 9.17) is 15.3 Å². The number of nitrogens with two attached hydrogens (primary N) is 1. The lowest BCUT2D eigenvalue weighted by atomic mass is 9.77. The summed E-state index contributed by atoms with van der Waals surface area (Å²) >= 11 is 0. The third-order valence-corrected chi connectivity index (χ3v) is 5.53. The summed E-state index contributed by atoms with van der Waals surface area (Å²) in [5.41, 5.74) is 11.1. The van der Waals surface area contributed by atoms with Crippen LogP contribution in [0.25, 0.3) is 0 Å². The van der Waals surface area contributed by atoms with Crippen molar-refractivity contribution in [3.8, 4) is 0 Å². The molecule has 16 nitrogen and oxygen atoms in total. The molecule has 1 unspecified atom stereocenters. The third-order valence-electron chi connectivity index (χ3n) is 5.53. The number of hydrazine groups is 1. The van der Waals surface area contributed by atoms with E-state index in [0.717, 1.165) is 6.20 Å². The zero-order valence-electron chi connectivity index (χ0n) is 23.1. The lowest BCUT2D eigenvalue weighted by Crippen LogP contribution is -2.53. The van der Waals surface area contributed by atoms with Crippen molar-refractivity contribution in [2.75, 3.05) is 5.43 Å². The molecule has 0 bridgehead atoms. The average molecular weight is 568 g/mol. The van der Waals surface area contributed by atoms with E-state index >= 15 is 0 Å². The molecule has 4 amide bonds. The van der Waals surface area contributed by atoms with Crippen molar-refractivity contribution in [2.24, 2.45) is 17.1 Å². The number of amides is 4. The molecule has 6 N–H and O–H groups in total. The number of ether oxygens (including phenoxy) is 1. The van der Waals surface area contributed by atoms with Crippen LogP contribution >= 0.6 is 0 Å². The van der Waals surface area contributed by atoms with Gasteiger partial charge in [0, 0.05) is 6.20 Å². The molecule has 220 valence electrons. The summed E-state index contributed by atoms with van der Waals surface area (Å²) in [7, 11) is 0. The minimum Gasteiger partial charge on any atom is -0.443 e. The first kappa shape index (κ1) is 32.1. The van der Waals surface area contributed by atoms with Crippen molar-refractivity contribution in [1.82, 2.24) is 15.9 Å². The van der Waals surface area contributed by atoms with Gasteiger partial charge in [0.1, 0.15) is 22.3 Å². The second kappa shape index (κ2) is 12.4. The zero-order valence-corrected chi connectivity index (χ0v) is 23.1. The molecular weight excluding hydrogens is 532 g/mol. The predicted molar refractivity (Wildman–Crippen MR) is 134 cm³/mol. The minimum absolute atomic E-state index is 0.0140. The number of pyridine rings is 1. The number of nitrogens with one attached hydrogen (secondary N) is 3. The minimum atomic E-state index is -2.13. The van der Waals surface area contributed by atoms with E-state index in [1.807, 2.05) is 5.48 Å². The molecule has 0 aromatic carbocycles. The molecule has 0 radical (unpaired) electrons. The number of nitrogens with zero attached hydrogens (tertiary/aromatic N) is 2. The van der Waals surface area contributed by atoms with E-state index in [1.165, 1.54) is 12.1 Å². The topological polar surface area (TPSA) is 225 Å². The number of carbonyl (C=O) groups is 6. The maximum absolute atomic E-state index is 12.8. The average Bonchev–Trinajstić information content (AvgIpc) is 3.09. The monoisotopic (exact) mass is 567 g/mol. The SMILES string of the molecule is CC(C)(C)OC(=O)NNc1ccc(C(=O)NOC(=O)C(C[C@H](N)C(=O)O[N+]2(O)C(=O)CCC2=O)C(C)(C)C)cn1. The van der Waals surface area contributed by atoms with E-state index < -0.39 is 63.5 Å². The molecule has 40 heavy (non-hydrogen) atoms. The standard InChI is InChI=1S/C24H34N6O10/c1-23(2,3)14(11-15(25)21(35)40-30(37)17(31)9-10-18(30)32)20(34)39-29-19(33)13-7-8-16(26-12-13)27-28-22(36)38-24(4,5)6/h7-8,12,14-15,37H,9-11,25H2,1-6H3,(H2-,26,27,28,29,33,36)/p+1/t14?,15-/m0/s1. The van der Waals surface area contributed by atoms with Gasteiger partial charge in [0.15, 0.2) is 0 Å². The lowest BCUT2D eigenvalue weighted by molar-refractivity contribution is -1.12. The van der Waals surface area contributed by atoms with Gasteiger partial charge in [0.25, 0.3) is 5.91 Å². The van der Waals surface area contributed by atoms with Gasteiger partial charge in [-0.3, -0.25) is 10.2 Å². The Bertz CT molecular complexity index is 1140. The molecule has 2 atom stereocenters. The van der Waals surface area contributed by atoms with Crippen LogP contribution in [0, 0.1) is 11.3 Å². The van der Waals surface area contributed by atoms with Crippen LogP contribution in [-0.2, 0) is 33.6 Å². The Morgan fingerprint density at radius 2 is 1.65 bits per heavy atom. The Labute approximate surface area is 229 Å². The Morgan fingerprint density at radius 1 is 1.05 bits per heavy atom. The Hall–Kier alpha value is -4.15. The van der Waals surface area contributed by atoms with Crippen LogP contribution in [-0.4, -0.2) is 62.4 Å². The predicted octanol–water partition coefficient (Wildman–Crippen LogP) is 1.01. The van der Waals surface area contributed by atoms with Gasteiger partial charge in [-0.25, -0.2) is 39.2 Å². The molecule has 0 spiro atoms. The lowest BCUT2D eigenvalue weighted by Gasteiger charge is -2.30. The van der Waals surface area contributed by atoms with Crippen LogP contribution in [0.5, 0.6) is 0 Å². The molecule has 1 fully saturated rings. The summed E-state index contributed by atoms with van der Waals surface area (Å²) < 4.78 is 5.07. The highest BCUT2D eigenvalue weighted by molar-refractivity contribution is 5.94. The van der Waals surface area contributed by atoms with Crippen LogP contribution in [0.3, 0.4) is 0 Å². The van der Waals surface area contributed by atoms with Crippen molar-refractivity contribution < 1.29 is 53.2 Å². The van der Waals surface area contributed by atoms with E-state index in [2.05, 4.69) is 20.7 Å². The van der Waals surface area contributed by atoms with Gasteiger partial charge in [-0.2, -0.15) is 10.7 Å². The number of carbonyl (C=O) groups excluding carboxylic acids is 6. The molecule has 1 aromatic rings. The number of hydrogen-bond donors (Lipinski definition) is 5. The second-order valence-corrected chi connectivity index (χ2v) is 11.1. The summed E-state index contributed by atoms with van der Waals surface area (Å²) in [5.74, 6) is -5.93. The van der Waals surface area contributed by atoms with Gasteiger partial charge in [-0.05, 0) is 44.7 Å². The Morgan fingerprint density at radius 3 is 2.15 bits per heavy atom. The molecule has 1 aliphatic rings. The highest BCUT2D eigenvalue weighted by Gasteiger charge is 2.56. The fraction of sp³-hybridized carbons (Fsp3) is 0.542. The highest BCUT2D eigenvalue weighted by Crippen LogP contribution is 2.31. The van der Waals surface area contributed by atoms with E-state index in [0.29, 0.717) is 0 Å². The number of imide groups is 1. The van der Waals surface area contributed by atoms with Crippen molar-refractivity contribution in [3.63, 3.8) is 0 Å². The first-order valence-electron chi connectivity index (χ1n) is 12.2. The maximum Gasteiger partial charge on any atom is 0.426 e. The molecule has 1 aromatic heterocycles. The van der Waals surface area contributed by atoms with Crippen molar-refractivity contribution >= 4 is 41.6 Å². The number of aromatic nitrogens is 1. The van der Waals surface area contributed by atoms with Crippen LogP contribution in [0.1, 0.15) is 71.2 Å². The first-order chi connectivity index (χ1) is 18.3. The molecule has 1 saturated heterocycles. The Kier molecular flexibility index (Phi) is 9.90. The first-order valence-corrected chi connectivity index (χ1v) is 12.2. The molecular formula is C24H35N6O10+. The summed E-state index contributed by atoms with van der Waals surface area (Å²) in [6, 6.07) is 1.20. The smallest absolute Gasteiger partial charge is 0.426 e. The maximum atomic E-state index is 12.8. The second-order valence-electron chi connectivity index (χ2n) is 11.1. The number of hydroxylamine groups is 5. The molecule has 2 heterocycles. The molecule has 0 aliphatic carbocycles. The van der Waals surface area contributed by atoms with Crippen LogP contribution in [0.4, 0.5) is 10.6 Å². The van der Waals surface area contributed by atoms with Crippen molar-refractivity contribution in [1.29, 1.82) is 0 Å². The summed E-state index contributed by atoms with van der Waals surface area (Å²) in [6.45, 7) is 10.1. The Balaban J connectivity index is 1.94. The number of rotatable bonds is 8. The van der Waals surface area contributed by atoms with Crippen LogP contribution in [0.2, 0.25) is 0 Å². The summed E-state index contributed by atoms with van der Waals surface area (Å²) in [4.78, 5) is 84.4. The number of anilines is 1. The molecule has 0 saturated carbocycles. The number of hydrogen-bond acceptors (Lipinski definition) is 13. The van der Waals surface area contributed by atoms with Crippen molar-refractivity contribution in [2.45, 2.75) is 72.4 Å². The van der Waals surface area contributed by atoms with Gasteiger partial charge in [-0.1, -0.05) is 20.8 Å². The van der Waals surface area contributed by atoms with Gasteiger partial charge in [0.2, 0.25) is 0 Å². The fourth-order valence-corrected chi connectivity index (χ4v) is 3.36. The van der Waals surface area contributed by atoms with Crippen LogP contribution in [0.15, 0.2) is 18.3 Å². The number of quaternary nitrogens is 1. The van der Waals surface area contributed by atoms with Gasteiger partial charge < -0.3 is 15.3 Å². The molecule has 16 heteroatoms. The van der Waals surface area contributed by atoms with Gasteiger partial charge in [-0.15, -0.1) is 0 Å². The highest BCUT2D eigenvalue weighted by atomic mass is 17.0. The van der Waals surface area contributed by atoms with E-state index in [1.54, 1.807) is 41.5 Å². The fourth-order valence-electron chi connectivity index (χ4n) is 3.36. The third kappa shape index (κ3) is 8.69. The van der Waals surface area contributed by atoms with E-state index in [9.17, 15) is 34.0 Å². The summed E-state index contributed by atoms with van der Waals surface area (Å²) in [5, 5.41) is 10.1. The van der Waals surface area contributed by atoms with E-state index in [-0.39, 0.29) is 30.6 Å². The quantitative estimate of drug-likeness (QED) is 0.128. The zero-order chi connectivity index (χ0) is 30.5. The van der Waals surface area contributed by atoms with Crippen molar-refractivity contribution in [3.05, 3.63) is 23.9 Å². The normalized spacial score (nSPS) is 16.4. The van der Waals surface area contributed by atoms with Gasteiger partial charge in [0.05, 0.1) is 24.3 Å².